The molecule has 11 heteroatoms. The van der Waals surface area contributed by atoms with E-state index in [2.05, 4.69) is 25.7 Å². The average Bonchev–Trinajstić information content (AvgIpc) is 3.45. The van der Waals surface area contributed by atoms with Crippen LogP contribution in [0.4, 0.5) is 4.79 Å². The summed E-state index contributed by atoms with van der Waals surface area (Å²) in [7, 11) is 1.62. The molecule has 146 valence electrons. The van der Waals surface area contributed by atoms with Crippen LogP contribution in [-0.4, -0.2) is 45.1 Å². The first-order valence-electron chi connectivity index (χ1n) is 8.65. The summed E-state index contributed by atoms with van der Waals surface area (Å²) >= 11 is 0. The topological polar surface area (TPSA) is 129 Å². The Morgan fingerprint density at radius 3 is 2.86 bits per heavy atom. The van der Waals surface area contributed by atoms with Crippen molar-refractivity contribution < 1.29 is 23.2 Å². The average molecular weight is 386 g/mol. The van der Waals surface area contributed by atoms with Crippen molar-refractivity contribution in [1.29, 1.82) is 0 Å². The lowest BCUT2D eigenvalue weighted by Crippen LogP contribution is -2.36. The van der Waals surface area contributed by atoms with Gasteiger partial charge in [-0.25, -0.2) is 4.79 Å². The summed E-state index contributed by atoms with van der Waals surface area (Å²) in [6.45, 7) is 2.42. The molecule has 1 aromatic carbocycles. The van der Waals surface area contributed by atoms with Crippen LogP contribution < -0.4 is 14.8 Å². The first-order chi connectivity index (χ1) is 13.6. The third-order valence-corrected chi connectivity index (χ3v) is 4.02. The van der Waals surface area contributed by atoms with Crippen molar-refractivity contribution in [2.75, 3.05) is 13.8 Å². The van der Waals surface area contributed by atoms with Crippen molar-refractivity contribution in [3.05, 3.63) is 35.8 Å². The molecule has 4 rings (SSSR count). The highest BCUT2D eigenvalue weighted by Gasteiger charge is 2.18. The number of amides is 2. The van der Waals surface area contributed by atoms with Gasteiger partial charge in [-0.15, -0.1) is 10.2 Å². The quantitative estimate of drug-likeness (QED) is 0.673. The highest BCUT2D eigenvalue weighted by Crippen LogP contribution is 2.35. The number of carbonyl (C=O) groups is 1. The van der Waals surface area contributed by atoms with Crippen LogP contribution in [-0.2, 0) is 19.5 Å². The van der Waals surface area contributed by atoms with Gasteiger partial charge in [-0.05, 0) is 18.2 Å². The highest BCUT2D eigenvalue weighted by molar-refractivity contribution is 5.73. The molecule has 0 fully saturated rings. The van der Waals surface area contributed by atoms with E-state index < -0.39 is 0 Å². The Labute approximate surface area is 159 Å². The maximum atomic E-state index is 12.2. The van der Waals surface area contributed by atoms with E-state index in [-0.39, 0.29) is 25.9 Å². The van der Waals surface area contributed by atoms with Gasteiger partial charge < -0.3 is 28.6 Å². The highest BCUT2D eigenvalue weighted by atomic mass is 16.7. The van der Waals surface area contributed by atoms with E-state index in [4.69, 9.17) is 18.4 Å². The maximum Gasteiger partial charge on any atom is 0.317 e. The van der Waals surface area contributed by atoms with Crippen LogP contribution in [0.5, 0.6) is 11.5 Å². The molecule has 0 spiro atoms. The fourth-order valence-corrected chi connectivity index (χ4v) is 2.53. The molecular weight excluding hydrogens is 368 g/mol. The Hall–Kier alpha value is -3.63. The number of hydrogen-bond acceptors (Lipinski definition) is 9. The number of urea groups is 1. The molecule has 3 aromatic rings. The molecule has 1 N–H and O–H groups in total. The minimum Gasteiger partial charge on any atom is -0.454 e. The molecule has 0 radical (unpaired) electrons. The number of ether oxygens (including phenoxy) is 2. The molecule has 28 heavy (non-hydrogen) atoms. The molecule has 2 amide bonds. The molecule has 0 atom stereocenters. The van der Waals surface area contributed by atoms with Gasteiger partial charge in [0.25, 0.3) is 5.89 Å². The summed E-state index contributed by atoms with van der Waals surface area (Å²) in [6.07, 6.45) is 0.645. The number of nitrogens with zero attached hydrogens (tertiary/aromatic N) is 5. The van der Waals surface area contributed by atoms with E-state index in [0.717, 1.165) is 0 Å². The lowest BCUT2D eigenvalue weighted by molar-refractivity contribution is 0.174. The first-order valence-corrected chi connectivity index (χ1v) is 8.65. The van der Waals surface area contributed by atoms with Gasteiger partial charge in [-0.3, -0.25) is 0 Å². The van der Waals surface area contributed by atoms with Gasteiger partial charge in [0.05, 0.1) is 6.54 Å². The van der Waals surface area contributed by atoms with E-state index >= 15 is 0 Å². The van der Waals surface area contributed by atoms with E-state index in [1.54, 1.807) is 25.2 Å². The zero-order chi connectivity index (χ0) is 19.5. The van der Waals surface area contributed by atoms with E-state index in [9.17, 15) is 4.79 Å². The van der Waals surface area contributed by atoms with Crippen LogP contribution in [0.2, 0.25) is 0 Å². The van der Waals surface area contributed by atoms with Crippen LogP contribution >= 0.6 is 0 Å². The number of nitrogens with one attached hydrogen (secondary N) is 1. The summed E-state index contributed by atoms with van der Waals surface area (Å²) in [5, 5.41) is 14.4. The summed E-state index contributed by atoms with van der Waals surface area (Å²) < 4.78 is 21.3. The zero-order valence-electron chi connectivity index (χ0n) is 15.3. The molecule has 1 aliphatic heterocycles. The van der Waals surface area contributed by atoms with Crippen LogP contribution in [0.15, 0.2) is 27.1 Å². The Bertz CT molecular complexity index is 984. The largest absolute Gasteiger partial charge is 0.454 e. The minimum absolute atomic E-state index is 0.112. The maximum absolute atomic E-state index is 12.2. The van der Waals surface area contributed by atoms with E-state index in [1.807, 2.05) is 6.92 Å². The van der Waals surface area contributed by atoms with Crippen molar-refractivity contribution in [3.8, 4) is 23.0 Å². The molecule has 0 saturated carbocycles. The summed E-state index contributed by atoms with van der Waals surface area (Å²) in [5.74, 6) is 2.88. The predicted octanol–water partition coefficient (Wildman–Crippen LogP) is 1.75. The SMILES string of the molecule is CCc1nnc(CN(C)C(=O)NCc2noc(-c3ccc4c(c3)OCO4)n2)o1. The van der Waals surface area contributed by atoms with Crippen molar-refractivity contribution in [2.24, 2.45) is 0 Å². The van der Waals surface area contributed by atoms with Crippen molar-refractivity contribution >= 4 is 6.03 Å². The number of aromatic nitrogens is 4. The molecule has 0 aliphatic carbocycles. The fraction of sp³-hybridized carbons (Fsp3) is 0.353. The van der Waals surface area contributed by atoms with Gasteiger partial charge >= 0.3 is 6.03 Å². The Kier molecular flexibility index (Phi) is 4.79. The second kappa shape index (κ2) is 7.55. The second-order valence-electron chi connectivity index (χ2n) is 6.04. The van der Waals surface area contributed by atoms with Crippen molar-refractivity contribution in [1.82, 2.24) is 30.6 Å². The van der Waals surface area contributed by atoms with Crippen LogP contribution in [0.3, 0.4) is 0 Å². The monoisotopic (exact) mass is 386 g/mol. The number of rotatable bonds is 6. The second-order valence-corrected chi connectivity index (χ2v) is 6.04. The van der Waals surface area contributed by atoms with Gasteiger partial charge in [-0.1, -0.05) is 12.1 Å². The van der Waals surface area contributed by atoms with Gasteiger partial charge in [0.2, 0.25) is 18.6 Å². The molecule has 0 unspecified atom stereocenters. The van der Waals surface area contributed by atoms with Gasteiger partial charge in [-0.2, -0.15) is 4.98 Å². The first kappa shape index (κ1) is 17.8. The summed E-state index contributed by atoms with van der Waals surface area (Å²) in [4.78, 5) is 17.9. The third-order valence-electron chi connectivity index (χ3n) is 4.02. The summed E-state index contributed by atoms with van der Waals surface area (Å²) in [5.41, 5.74) is 0.703. The van der Waals surface area contributed by atoms with Gasteiger partial charge in [0.1, 0.15) is 6.54 Å². The Balaban J connectivity index is 1.33. The van der Waals surface area contributed by atoms with E-state index in [1.165, 1.54) is 4.90 Å². The normalized spacial score (nSPS) is 12.2. The van der Waals surface area contributed by atoms with Gasteiger partial charge in [0, 0.05) is 19.0 Å². The predicted molar refractivity (Wildman–Crippen MR) is 93.2 cm³/mol. The number of aryl methyl sites for hydroxylation is 1. The number of fused-ring (bicyclic) bond motifs is 1. The van der Waals surface area contributed by atoms with Crippen molar-refractivity contribution in [2.45, 2.75) is 26.4 Å². The standard InChI is InChI=1S/C17H18N6O5/c1-3-14-20-21-15(27-14)8-23(2)17(24)18-7-13-19-16(28-22-13)10-4-5-11-12(6-10)26-9-25-11/h4-6H,3,7-9H2,1-2H3,(H,18,24). The molecular formula is C17H18N6O5. The minimum atomic E-state index is -0.328. The van der Waals surface area contributed by atoms with Gasteiger partial charge in [0.15, 0.2) is 17.3 Å². The number of hydrogen-bond donors (Lipinski definition) is 1. The molecule has 0 saturated heterocycles. The molecule has 11 nitrogen and oxygen atoms in total. The van der Waals surface area contributed by atoms with E-state index in [0.29, 0.717) is 47.0 Å². The van der Waals surface area contributed by atoms with Crippen LogP contribution in [0, 0.1) is 0 Å². The van der Waals surface area contributed by atoms with Crippen molar-refractivity contribution in [3.63, 3.8) is 0 Å². The molecule has 1 aliphatic rings. The molecule has 0 bridgehead atoms. The lowest BCUT2D eigenvalue weighted by atomic mass is 10.2. The smallest absolute Gasteiger partial charge is 0.317 e. The summed E-state index contributed by atoms with van der Waals surface area (Å²) in [6, 6.07) is 5.01. The Morgan fingerprint density at radius 2 is 2.04 bits per heavy atom. The molecule has 3 heterocycles. The number of carbonyl (C=O) groups excluding carboxylic acids is 1. The third kappa shape index (κ3) is 3.72. The zero-order valence-corrected chi connectivity index (χ0v) is 15.3. The Morgan fingerprint density at radius 1 is 1.21 bits per heavy atom. The van der Waals surface area contributed by atoms with Crippen LogP contribution in [0.25, 0.3) is 11.5 Å². The molecule has 2 aromatic heterocycles. The van der Waals surface area contributed by atoms with Crippen LogP contribution in [0.1, 0.15) is 24.5 Å². The fourth-order valence-electron chi connectivity index (χ4n) is 2.53. The number of benzene rings is 1. The lowest BCUT2D eigenvalue weighted by Gasteiger charge is -2.14.